The van der Waals surface area contributed by atoms with Crippen molar-refractivity contribution in [3.63, 3.8) is 0 Å². The van der Waals surface area contributed by atoms with Crippen molar-refractivity contribution in [3.8, 4) is 0 Å². The molecule has 22 heavy (non-hydrogen) atoms. The quantitative estimate of drug-likeness (QED) is 0.219. The molecule has 0 saturated heterocycles. The number of hydrogen-bond acceptors (Lipinski definition) is 3. The minimum Gasteiger partial charge on any atom is -0.480 e. The molecule has 0 aliphatic rings. The van der Waals surface area contributed by atoms with Gasteiger partial charge < -0.3 is 4.74 Å². The van der Waals surface area contributed by atoms with Crippen LogP contribution < -0.4 is 0 Å². The van der Waals surface area contributed by atoms with Crippen molar-refractivity contribution in [1.29, 1.82) is 0 Å². The van der Waals surface area contributed by atoms with E-state index in [-0.39, 0.29) is 16.6 Å². The van der Waals surface area contributed by atoms with Crippen molar-refractivity contribution < 1.29 is 22.3 Å². The summed E-state index contributed by atoms with van der Waals surface area (Å²) in [6.07, 6.45) is -2.29. The van der Waals surface area contributed by atoms with Gasteiger partial charge in [-0.2, -0.15) is 13.2 Å². The number of hydrogen-bond donors (Lipinski definition) is 0. The summed E-state index contributed by atoms with van der Waals surface area (Å²) < 4.78 is 56.1. The van der Waals surface area contributed by atoms with Crippen molar-refractivity contribution in [2.24, 2.45) is 9.98 Å². The Hall–Kier alpha value is -1.89. The SMILES string of the molecule is C=CC(=N\C(Cl)=C/C)/C(C)=N/C(OC)=C(\C(=C)F)C(F)(F)F. The summed E-state index contributed by atoms with van der Waals surface area (Å²) in [5.41, 5.74) is -1.58. The fraction of sp³-hybridized carbons (Fsp3) is 0.286. The average molecular weight is 339 g/mol. The predicted octanol–water partition coefficient (Wildman–Crippen LogP) is 5.08. The van der Waals surface area contributed by atoms with Crippen LogP contribution in [0.2, 0.25) is 0 Å². The van der Waals surface area contributed by atoms with Gasteiger partial charge in [0.05, 0.1) is 18.5 Å². The zero-order valence-electron chi connectivity index (χ0n) is 12.3. The highest BCUT2D eigenvalue weighted by Gasteiger charge is 2.40. The highest BCUT2D eigenvalue weighted by Crippen LogP contribution is 2.34. The molecule has 0 aliphatic heterocycles. The molecule has 0 spiro atoms. The Morgan fingerprint density at radius 3 is 2.14 bits per heavy atom. The lowest BCUT2D eigenvalue weighted by Crippen LogP contribution is -2.17. The molecular formula is C14H15ClF4N2O. The Morgan fingerprint density at radius 1 is 1.27 bits per heavy atom. The topological polar surface area (TPSA) is 34.0 Å². The van der Waals surface area contributed by atoms with Gasteiger partial charge in [-0.05, 0) is 19.9 Å². The molecule has 3 nitrogen and oxygen atoms in total. The standard InChI is InChI=1S/C14H15ClF4N2O/c1-6-10(21-11(15)7-2)9(4)20-13(22-5)12(8(3)16)14(17,18)19/h6-7H,1,3H2,2,4-5H3/b11-7-,13-12-,20-9+,21-10+. The van der Waals surface area contributed by atoms with Gasteiger partial charge in [0.25, 0.3) is 0 Å². The first-order chi connectivity index (χ1) is 10.1. The normalized spacial score (nSPS) is 15.4. The monoisotopic (exact) mass is 338 g/mol. The van der Waals surface area contributed by atoms with E-state index < -0.39 is 23.5 Å². The molecule has 0 aromatic heterocycles. The maximum atomic E-state index is 13.1. The molecule has 8 heteroatoms. The molecule has 0 aromatic carbocycles. The Balaban J connectivity index is 6.12. The van der Waals surface area contributed by atoms with Crippen molar-refractivity contribution in [1.82, 2.24) is 0 Å². The number of aliphatic imine (C=N–C) groups is 2. The molecule has 0 aliphatic carbocycles. The van der Waals surface area contributed by atoms with E-state index in [0.29, 0.717) is 0 Å². The lowest BCUT2D eigenvalue weighted by atomic mass is 10.2. The van der Waals surface area contributed by atoms with Crippen LogP contribution in [0.15, 0.2) is 57.7 Å². The van der Waals surface area contributed by atoms with E-state index in [2.05, 4.69) is 27.9 Å². The van der Waals surface area contributed by atoms with Crippen LogP contribution in [0.25, 0.3) is 0 Å². The molecule has 0 unspecified atom stereocenters. The van der Waals surface area contributed by atoms with E-state index in [1.165, 1.54) is 19.1 Å². The van der Waals surface area contributed by atoms with Gasteiger partial charge in [0.15, 0.2) is 5.57 Å². The smallest absolute Gasteiger partial charge is 0.424 e. The highest BCUT2D eigenvalue weighted by atomic mass is 35.5. The summed E-state index contributed by atoms with van der Waals surface area (Å²) in [5.74, 6) is -2.67. The van der Waals surface area contributed by atoms with E-state index in [1.807, 2.05) is 0 Å². The van der Waals surface area contributed by atoms with E-state index in [4.69, 9.17) is 11.6 Å². The van der Waals surface area contributed by atoms with Crippen LogP contribution in [-0.2, 0) is 4.74 Å². The van der Waals surface area contributed by atoms with E-state index in [9.17, 15) is 17.6 Å². The van der Waals surface area contributed by atoms with Crippen molar-refractivity contribution in [3.05, 3.63) is 47.7 Å². The van der Waals surface area contributed by atoms with Crippen LogP contribution in [0.4, 0.5) is 17.6 Å². The van der Waals surface area contributed by atoms with E-state index >= 15 is 0 Å². The maximum Gasteiger partial charge on any atom is 0.424 e. The average Bonchev–Trinajstić information content (AvgIpc) is 2.41. The third-order valence-electron chi connectivity index (χ3n) is 2.26. The van der Waals surface area contributed by atoms with Gasteiger partial charge in [0.1, 0.15) is 11.0 Å². The summed E-state index contributed by atoms with van der Waals surface area (Å²) in [6, 6.07) is 0. The van der Waals surface area contributed by atoms with Gasteiger partial charge >= 0.3 is 6.18 Å². The number of ether oxygens (including phenoxy) is 1. The summed E-state index contributed by atoms with van der Waals surface area (Å²) in [6.45, 7) is 9.09. The van der Waals surface area contributed by atoms with E-state index in [1.54, 1.807) is 6.92 Å². The molecule has 0 rings (SSSR count). The van der Waals surface area contributed by atoms with Gasteiger partial charge in [0.2, 0.25) is 5.88 Å². The Labute approximate surface area is 131 Å². The fourth-order valence-corrected chi connectivity index (χ4v) is 1.35. The van der Waals surface area contributed by atoms with Gasteiger partial charge in [-0.15, -0.1) is 0 Å². The van der Waals surface area contributed by atoms with Crippen LogP contribution in [0.5, 0.6) is 0 Å². The fourth-order valence-electron chi connectivity index (χ4n) is 1.26. The third-order valence-corrected chi connectivity index (χ3v) is 2.56. The first-order valence-electron chi connectivity index (χ1n) is 5.87. The minimum absolute atomic E-state index is 0.00912. The highest BCUT2D eigenvalue weighted by molar-refractivity contribution is 6.47. The predicted molar refractivity (Wildman–Crippen MR) is 80.7 cm³/mol. The van der Waals surface area contributed by atoms with Crippen molar-refractivity contribution >= 4 is 23.0 Å². The van der Waals surface area contributed by atoms with E-state index in [0.717, 1.165) is 7.11 Å². The lowest BCUT2D eigenvalue weighted by molar-refractivity contribution is -0.0943. The number of methoxy groups -OCH3 is 1. The molecule has 0 amide bonds. The zero-order chi connectivity index (χ0) is 17.5. The number of alkyl halides is 3. The Bertz CT molecular complexity index is 572. The van der Waals surface area contributed by atoms with Crippen molar-refractivity contribution in [2.75, 3.05) is 7.11 Å². The molecule has 0 radical (unpaired) electrons. The largest absolute Gasteiger partial charge is 0.480 e. The second-order valence-electron chi connectivity index (χ2n) is 3.80. The summed E-state index contributed by atoms with van der Waals surface area (Å²) in [5, 5.41) is 0.0957. The second-order valence-corrected chi connectivity index (χ2v) is 4.18. The molecule has 122 valence electrons. The first-order valence-corrected chi connectivity index (χ1v) is 6.25. The van der Waals surface area contributed by atoms with Crippen LogP contribution in [0, 0.1) is 0 Å². The Kier molecular flexibility index (Phi) is 7.80. The number of halogens is 5. The molecule has 0 aromatic rings. The Morgan fingerprint density at radius 2 is 1.82 bits per heavy atom. The van der Waals surface area contributed by atoms with Crippen LogP contribution in [-0.4, -0.2) is 24.7 Å². The lowest BCUT2D eigenvalue weighted by Gasteiger charge is -2.13. The minimum atomic E-state index is -5.01. The summed E-state index contributed by atoms with van der Waals surface area (Å²) in [4.78, 5) is 7.49. The van der Waals surface area contributed by atoms with Gasteiger partial charge in [-0.3, -0.25) is 0 Å². The molecule has 0 atom stereocenters. The first kappa shape index (κ1) is 20.1. The zero-order valence-corrected chi connectivity index (χ0v) is 13.0. The summed E-state index contributed by atoms with van der Waals surface area (Å²) in [7, 11) is 0.935. The van der Waals surface area contributed by atoms with Gasteiger partial charge in [-0.25, -0.2) is 14.4 Å². The second kappa shape index (κ2) is 8.53. The number of rotatable bonds is 6. The molecule has 0 bridgehead atoms. The number of nitrogens with zero attached hydrogens (tertiary/aromatic N) is 2. The molecule has 0 saturated carbocycles. The molecule has 0 fully saturated rings. The maximum absolute atomic E-state index is 13.1. The van der Waals surface area contributed by atoms with Crippen LogP contribution in [0.1, 0.15) is 13.8 Å². The van der Waals surface area contributed by atoms with Crippen molar-refractivity contribution in [2.45, 2.75) is 20.0 Å². The molecule has 0 N–H and O–H groups in total. The summed E-state index contributed by atoms with van der Waals surface area (Å²) >= 11 is 5.71. The third kappa shape index (κ3) is 5.85. The van der Waals surface area contributed by atoms with Gasteiger partial charge in [0, 0.05) is 0 Å². The van der Waals surface area contributed by atoms with Crippen LogP contribution >= 0.6 is 11.6 Å². The van der Waals surface area contributed by atoms with Gasteiger partial charge in [-0.1, -0.05) is 30.8 Å². The molecule has 0 heterocycles. The molecular weight excluding hydrogens is 324 g/mol. The number of allylic oxidation sites excluding steroid dienone is 4. The van der Waals surface area contributed by atoms with Crippen LogP contribution in [0.3, 0.4) is 0 Å².